The molecule has 0 unspecified atom stereocenters. The van der Waals surface area contributed by atoms with E-state index >= 15 is 0 Å². The van der Waals surface area contributed by atoms with Crippen molar-refractivity contribution in [2.75, 3.05) is 25.1 Å². The van der Waals surface area contributed by atoms with E-state index < -0.39 is 0 Å². The normalized spacial score (nSPS) is 20.8. The van der Waals surface area contributed by atoms with Gasteiger partial charge in [-0.2, -0.15) is 0 Å². The summed E-state index contributed by atoms with van der Waals surface area (Å²) in [6, 6.07) is 18.9. The van der Waals surface area contributed by atoms with Crippen LogP contribution in [0.25, 0.3) is 0 Å². The van der Waals surface area contributed by atoms with Gasteiger partial charge in [0, 0.05) is 31.1 Å². The lowest BCUT2D eigenvalue weighted by atomic mass is 9.96. The van der Waals surface area contributed by atoms with Gasteiger partial charge < -0.3 is 5.32 Å². The molecule has 2 aromatic carbocycles. The molecule has 2 heterocycles. The van der Waals surface area contributed by atoms with E-state index in [4.69, 9.17) is 0 Å². The Bertz CT molecular complexity index is 877. The molecule has 4 rings (SSSR count). The second kappa shape index (κ2) is 8.57. The van der Waals surface area contributed by atoms with E-state index in [1.165, 1.54) is 4.90 Å². The van der Waals surface area contributed by atoms with Gasteiger partial charge in [-0.3, -0.25) is 24.2 Å². The van der Waals surface area contributed by atoms with Crippen LogP contribution in [0.4, 0.5) is 5.69 Å². The number of rotatable bonds is 5. The lowest BCUT2D eigenvalue weighted by molar-refractivity contribution is -0.142. The van der Waals surface area contributed by atoms with Crippen molar-refractivity contribution in [1.82, 2.24) is 9.80 Å². The van der Waals surface area contributed by atoms with E-state index in [-0.39, 0.29) is 36.0 Å². The molecule has 0 aliphatic carbocycles. The summed E-state index contributed by atoms with van der Waals surface area (Å²) in [6.07, 6.45) is 1.67. The Morgan fingerprint density at radius 1 is 0.931 bits per heavy atom. The third kappa shape index (κ3) is 4.38. The van der Waals surface area contributed by atoms with Crippen molar-refractivity contribution in [2.45, 2.75) is 25.2 Å². The highest BCUT2D eigenvalue weighted by Crippen LogP contribution is 2.30. The number of likely N-dealkylation sites (tertiary alicyclic amines) is 2. The molecule has 2 aliphatic heterocycles. The molecule has 6 heteroatoms. The molecule has 1 N–H and O–H groups in total. The van der Waals surface area contributed by atoms with Gasteiger partial charge in [0.2, 0.25) is 17.7 Å². The van der Waals surface area contributed by atoms with Crippen LogP contribution in [0.2, 0.25) is 0 Å². The fourth-order valence-electron chi connectivity index (χ4n) is 4.08. The average Bonchev–Trinajstić information content (AvgIpc) is 3.04. The Labute approximate surface area is 170 Å². The van der Waals surface area contributed by atoms with Crippen molar-refractivity contribution < 1.29 is 14.4 Å². The zero-order valence-corrected chi connectivity index (χ0v) is 16.3. The average molecular weight is 391 g/mol. The Hall–Kier alpha value is -2.99. The van der Waals surface area contributed by atoms with Crippen LogP contribution in [-0.4, -0.2) is 47.3 Å². The molecule has 6 nitrogen and oxygen atoms in total. The molecule has 150 valence electrons. The summed E-state index contributed by atoms with van der Waals surface area (Å²) in [6.45, 7) is 1.70. The standard InChI is InChI=1S/C23H25N3O3/c27-21-15-20(17-7-3-1-4-8-17)23(29)26(21)16-25-13-11-18(12-14-25)22(28)24-19-9-5-2-6-10-19/h1-10,18,20H,11-16H2,(H,24,28)/t20-/m1/s1. The smallest absolute Gasteiger partial charge is 0.238 e. The van der Waals surface area contributed by atoms with E-state index in [2.05, 4.69) is 10.2 Å². The van der Waals surface area contributed by atoms with Crippen LogP contribution in [0.3, 0.4) is 0 Å². The molecule has 0 radical (unpaired) electrons. The van der Waals surface area contributed by atoms with Gasteiger partial charge in [-0.25, -0.2) is 0 Å². The molecule has 2 saturated heterocycles. The molecule has 0 saturated carbocycles. The molecule has 0 aromatic heterocycles. The van der Waals surface area contributed by atoms with E-state index in [1.54, 1.807) is 0 Å². The zero-order valence-electron chi connectivity index (χ0n) is 16.3. The van der Waals surface area contributed by atoms with Crippen LogP contribution in [0.5, 0.6) is 0 Å². The van der Waals surface area contributed by atoms with Gasteiger partial charge in [0.1, 0.15) is 0 Å². The van der Waals surface area contributed by atoms with Gasteiger partial charge in [0.15, 0.2) is 0 Å². The maximum absolute atomic E-state index is 12.8. The van der Waals surface area contributed by atoms with Crippen molar-refractivity contribution in [3.8, 4) is 0 Å². The topological polar surface area (TPSA) is 69.7 Å². The Morgan fingerprint density at radius 2 is 1.55 bits per heavy atom. The highest BCUT2D eigenvalue weighted by molar-refractivity contribution is 6.06. The fourth-order valence-corrected chi connectivity index (χ4v) is 4.08. The minimum absolute atomic E-state index is 0.0355. The summed E-state index contributed by atoms with van der Waals surface area (Å²) in [5.74, 6) is -0.627. The molecule has 3 amide bonds. The van der Waals surface area contributed by atoms with Crippen LogP contribution >= 0.6 is 0 Å². The van der Waals surface area contributed by atoms with E-state index in [0.29, 0.717) is 19.8 Å². The molecule has 1 atom stereocenters. The number of carbonyl (C=O) groups excluding carboxylic acids is 3. The molecular formula is C23H25N3O3. The first kappa shape index (κ1) is 19.3. The van der Waals surface area contributed by atoms with E-state index in [1.807, 2.05) is 60.7 Å². The zero-order chi connectivity index (χ0) is 20.2. The Balaban J connectivity index is 1.30. The van der Waals surface area contributed by atoms with Gasteiger partial charge in [-0.1, -0.05) is 48.5 Å². The van der Waals surface area contributed by atoms with Gasteiger partial charge in [0.25, 0.3) is 0 Å². The summed E-state index contributed by atoms with van der Waals surface area (Å²) < 4.78 is 0. The van der Waals surface area contributed by atoms with Crippen molar-refractivity contribution in [3.63, 3.8) is 0 Å². The number of nitrogens with one attached hydrogen (secondary N) is 1. The first-order valence-corrected chi connectivity index (χ1v) is 10.1. The van der Waals surface area contributed by atoms with Crippen LogP contribution in [0.15, 0.2) is 60.7 Å². The number of para-hydroxylation sites is 1. The highest BCUT2D eigenvalue weighted by Gasteiger charge is 2.40. The van der Waals surface area contributed by atoms with Crippen molar-refractivity contribution >= 4 is 23.4 Å². The number of hydrogen-bond acceptors (Lipinski definition) is 4. The van der Waals surface area contributed by atoms with E-state index in [0.717, 1.165) is 24.1 Å². The summed E-state index contributed by atoms with van der Waals surface area (Å²) in [4.78, 5) is 41.2. The van der Waals surface area contributed by atoms with Crippen LogP contribution < -0.4 is 5.32 Å². The molecular weight excluding hydrogens is 366 g/mol. The number of imide groups is 1. The summed E-state index contributed by atoms with van der Waals surface area (Å²) in [5.41, 5.74) is 1.70. The lowest BCUT2D eigenvalue weighted by Gasteiger charge is -2.33. The van der Waals surface area contributed by atoms with Crippen molar-refractivity contribution in [2.24, 2.45) is 5.92 Å². The quantitative estimate of drug-likeness (QED) is 0.796. The second-order valence-electron chi connectivity index (χ2n) is 7.72. The van der Waals surface area contributed by atoms with Crippen LogP contribution in [0, 0.1) is 5.92 Å². The number of amides is 3. The van der Waals surface area contributed by atoms with Crippen molar-refractivity contribution in [1.29, 1.82) is 0 Å². The monoisotopic (exact) mass is 391 g/mol. The molecule has 2 aromatic rings. The van der Waals surface area contributed by atoms with Gasteiger partial charge >= 0.3 is 0 Å². The number of piperidine rings is 1. The number of nitrogens with zero attached hydrogens (tertiary/aromatic N) is 2. The summed E-state index contributed by atoms with van der Waals surface area (Å²) in [5, 5.41) is 2.96. The van der Waals surface area contributed by atoms with Gasteiger partial charge in [-0.15, -0.1) is 0 Å². The van der Waals surface area contributed by atoms with Gasteiger partial charge in [-0.05, 0) is 30.5 Å². The SMILES string of the molecule is O=C(Nc1ccccc1)C1CCN(CN2C(=O)C[C@H](c3ccccc3)C2=O)CC1. The molecule has 2 aliphatic rings. The third-order valence-electron chi connectivity index (χ3n) is 5.79. The maximum Gasteiger partial charge on any atom is 0.238 e. The highest BCUT2D eigenvalue weighted by atomic mass is 16.2. The second-order valence-corrected chi connectivity index (χ2v) is 7.72. The summed E-state index contributed by atoms with van der Waals surface area (Å²) >= 11 is 0. The molecule has 0 spiro atoms. The molecule has 2 fully saturated rings. The predicted octanol–water partition coefficient (Wildman–Crippen LogP) is 2.84. The van der Waals surface area contributed by atoms with Crippen molar-refractivity contribution in [3.05, 3.63) is 66.2 Å². The first-order chi connectivity index (χ1) is 14.1. The van der Waals surface area contributed by atoms with E-state index in [9.17, 15) is 14.4 Å². The minimum atomic E-state index is -0.377. The van der Waals surface area contributed by atoms with Crippen LogP contribution in [-0.2, 0) is 14.4 Å². The molecule has 29 heavy (non-hydrogen) atoms. The van der Waals surface area contributed by atoms with Crippen LogP contribution in [0.1, 0.15) is 30.7 Å². The summed E-state index contributed by atoms with van der Waals surface area (Å²) in [7, 11) is 0. The Kier molecular flexibility index (Phi) is 5.71. The fraction of sp³-hybridized carbons (Fsp3) is 0.348. The largest absolute Gasteiger partial charge is 0.326 e. The predicted molar refractivity (Wildman–Crippen MR) is 110 cm³/mol. The molecule has 0 bridgehead atoms. The third-order valence-corrected chi connectivity index (χ3v) is 5.79. The number of hydrogen-bond donors (Lipinski definition) is 1. The van der Waals surface area contributed by atoms with Gasteiger partial charge in [0.05, 0.1) is 12.6 Å². The lowest BCUT2D eigenvalue weighted by Crippen LogP contribution is -2.46. The minimum Gasteiger partial charge on any atom is -0.326 e. The number of carbonyl (C=O) groups is 3. The Morgan fingerprint density at radius 3 is 2.21 bits per heavy atom. The number of benzene rings is 2. The number of anilines is 1. The first-order valence-electron chi connectivity index (χ1n) is 10.1. The maximum atomic E-state index is 12.8.